The first-order valence-electron chi connectivity index (χ1n) is 6.84. The zero-order valence-corrected chi connectivity index (χ0v) is 12.4. The minimum atomic E-state index is -0.421. The van der Waals surface area contributed by atoms with Crippen LogP contribution < -0.4 is 5.32 Å². The molecule has 0 spiro atoms. The summed E-state index contributed by atoms with van der Waals surface area (Å²) >= 11 is 1.49. The van der Waals surface area contributed by atoms with Crippen LogP contribution in [0.3, 0.4) is 0 Å². The van der Waals surface area contributed by atoms with E-state index in [1.54, 1.807) is 12.1 Å². The van der Waals surface area contributed by atoms with Crippen molar-refractivity contribution in [2.24, 2.45) is 0 Å². The molecule has 7 heteroatoms. The second-order valence-electron chi connectivity index (χ2n) is 4.86. The van der Waals surface area contributed by atoms with E-state index in [1.807, 2.05) is 0 Å². The van der Waals surface area contributed by atoms with E-state index in [-0.39, 0.29) is 17.7 Å². The summed E-state index contributed by atoms with van der Waals surface area (Å²) in [7, 11) is 0. The second kappa shape index (κ2) is 7.99. The van der Waals surface area contributed by atoms with Crippen molar-refractivity contribution < 1.29 is 14.5 Å². The van der Waals surface area contributed by atoms with Crippen LogP contribution in [0.5, 0.6) is 0 Å². The number of ether oxygens (including phenoxy) is 1. The van der Waals surface area contributed by atoms with Gasteiger partial charge in [0, 0.05) is 31.0 Å². The minimum Gasteiger partial charge on any atom is -0.376 e. The fourth-order valence-electron chi connectivity index (χ4n) is 2.06. The third kappa shape index (κ3) is 5.35. The molecule has 1 aromatic rings. The van der Waals surface area contributed by atoms with Gasteiger partial charge in [-0.1, -0.05) is 12.1 Å². The molecule has 0 saturated carbocycles. The van der Waals surface area contributed by atoms with E-state index in [2.05, 4.69) is 5.32 Å². The molecule has 6 nitrogen and oxygen atoms in total. The standard InChI is InChI=1S/C14H18N2O4S/c17-14(15-8-13-2-1-7-20-13)10-21-9-11-3-5-12(6-4-11)16(18)19/h3-6,13H,1-2,7-10H2,(H,15,17)/t13-/m0/s1. The summed E-state index contributed by atoms with van der Waals surface area (Å²) in [6.07, 6.45) is 2.24. The number of amides is 1. The maximum Gasteiger partial charge on any atom is 0.269 e. The molecule has 1 aliphatic rings. The first-order chi connectivity index (χ1) is 10.1. The molecule has 1 amide bonds. The maximum absolute atomic E-state index is 11.7. The van der Waals surface area contributed by atoms with Gasteiger partial charge in [0.25, 0.3) is 5.69 Å². The lowest BCUT2D eigenvalue weighted by molar-refractivity contribution is -0.384. The van der Waals surface area contributed by atoms with Crippen molar-refractivity contribution in [2.45, 2.75) is 24.7 Å². The quantitative estimate of drug-likeness (QED) is 0.616. The number of hydrogen-bond donors (Lipinski definition) is 1. The molecule has 1 aliphatic heterocycles. The van der Waals surface area contributed by atoms with Crippen LogP contribution in [0, 0.1) is 10.1 Å². The molecule has 1 heterocycles. The molecule has 1 fully saturated rings. The Balaban J connectivity index is 1.63. The van der Waals surface area contributed by atoms with E-state index < -0.39 is 4.92 Å². The Morgan fingerprint density at radius 2 is 2.19 bits per heavy atom. The highest BCUT2D eigenvalue weighted by molar-refractivity contribution is 7.99. The number of thioether (sulfide) groups is 1. The molecule has 2 rings (SSSR count). The fraction of sp³-hybridized carbons (Fsp3) is 0.500. The van der Waals surface area contributed by atoms with Gasteiger partial charge in [-0.15, -0.1) is 11.8 Å². The SMILES string of the molecule is O=C(CSCc1ccc([N+](=O)[O-])cc1)NC[C@@H]1CCCO1. The van der Waals surface area contributed by atoms with Crippen molar-refractivity contribution in [3.8, 4) is 0 Å². The van der Waals surface area contributed by atoms with Crippen LogP contribution in [-0.4, -0.2) is 35.8 Å². The van der Waals surface area contributed by atoms with Crippen LogP contribution >= 0.6 is 11.8 Å². The van der Waals surface area contributed by atoms with E-state index in [9.17, 15) is 14.9 Å². The molecule has 114 valence electrons. The summed E-state index contributed by atoms with van der Waals surface area (Å²) in [4.78, 5) is 21.8. The molecule has 0 bridgehead atoms. The van der Waals surface area contributed by atoms with Gasteiger partial charge >= 0.3 is 0 Å². The average molecular weight is 310 g/mol. The number of rotatable bonds is 7. The van der Waals surface area contributed by atoms with Crippen molar-refractivity contribution in [2.75, 3.05) is 18.9 Å². The van der Waals surface area contributed by atoms with Crippen LogP contribution in [0.25, 0.3) is 0 Å². The number of benzene rings is 1. The normalized spacial score (nSPS) is 17.6. The summed E-state index contributed by atoms with van der Waals surface area (Å²) < 4.78 is 5.43. The van der Waals surface area contributed by atoms with Gasteiger partial charge in [0.1, 0.15) is 0 Å². The molecule has 0 aromatic heterocycles. The topological polar surface area (TPSA) is 81.5 Å². The lowest BCUT2D eigenvalue weighted by Crippen LogP contribution is -2.32. The molecule has 0 aliphatic carbocycles. The monoisotopic (exact) mass is 310 g/mol. The van der Waals surface area contributed by atoms with E-state index >= 15 is 0 Å². The van der Waals surface area contributed by atoms with Gasteiger partial charge < -0.3 is 10.1 Å². The minimum absolute atomic E-state index is 0.00240. The Morgan fingerprint density at radius 1 is 1.43 bits per heavy atom. The van der Waals surface area contributed by atoms with Crippen molar-refractivity contribution in [1.29, 1.82) is 0 Å². The van der Waals surface area contributed by atoms with Crippen molar-refractivity contribution in [1.82, 2.24) is 5.32 Å². The molecule has 1 saturated heterocycles. The van der Waals surface area contributed by atoms with Crippen molar-refractivity contribution in [3.05, 3.63) is 39.9 Å². The Labute approximate surface area is 127 Å². The highest BCUT2D eigenvalue weighted by Crippen LogP contribution is 2.16. The van der Waals surface area contributed by atoms with Crippen LogP contribution in [-0.2, 0) is 15.3 Å². The Hall–Kier alpha value is -1.60. The maximum atomic E-state index is 11.7. The largest absolute Gasteiger partial charge is 0.376 e. The third-order valence-electron chi connectivity index (χ3n) is 3.20. The number of nitro benzene ring substituents is 1. The van der Waals surface area contributed by atoms with Crippen LogP contribution in [0.4, 0.5) is 5.69 Å². The smallest absolute Gasteiger partial charge is 0.269 e. The number of nitrogens with zero attached hydrogens (tertiary/aromatic N) is 1. The van der Waals surface area contributed by atoms with Gasteiger partial charge in [-0.25, -0.2) is 0 Å². The zero-order chi connectivity index (χ0) is 15.1. The Bertz CT molecular complexity index is 486. The number of carbonyl (C=O) groups is 1. The molecular formula is C14H18N2O4S. The lowest BCUT2D eigenvalue weighted by atomic mass is 10.2. The van der Waals surface area contributed by atoms with Gasteiger partial charge in [0.15, 0.2) is 0 Å². The molecule has 0 radical (unpaired) electrons. The van der Waals surface area contributed by atoms with Crippen molar-refractivity contribution >= 4 is 23.4 Å². The van der Waals surface area contributed by atoms with Crippen LogP contribution in [0.1, 0.15) is 18.4 Å². The first-order valence-corrected chi connectivity index (χ1v) is 8.00. The summed E-state index contributed by atoms with van der Waals surface area (Å²) in [5, 5.41) is 13.4. The summed E-state index contributed by atoms with van der Waals surface area (Å²) in [5.41, 5.74) is 1.05. The Morgan fingerprint density at radius 3 is 2.81 bits per heavy atom. The van der Waals surface area contributed by atoms with E-state index in [1.165, 1.54) is 23.9 Å². The number of non-ortho nitro benzene ring substituents is 1. The lowest BCUT2D eigenvalue weighted by Gasteiger charge is -2.10. The molecule has 1 atom stereocenters. The average Bonchev–Trinajstić information content (AvgIpc) is 2.99. The van der Waals surface area contributed by atoms with E-state index in [4.69, 9.17) is 4.74 Å². The predicted molar refractivity (Wildman–Crippen MR) is 81.2 cm³/mol. The molecular weight excluding hydrogens is 292 g/mol. The van der Waals surface area contributed by atoms with Gasteiger partial charge in [-0.3, -0.25) is 14.9 Å². The first kappa shape index (κ1) is 15.8. The molecule has 1 aromatic carbocycles. The van der Waals surface area contributed by atoms with Crippen molar-refractivity contribution in [3.63, 3.8) is 0 Å². The van der Waals surface area contributed by atoms with Gasteiger partial charge in [0.2, 0.25) is 5.91 Å². The number of nitro groups is 1. The number of hydrogen-bond acceptors (Lipinski definition) is 5. The van der Waals surface area contributed by atoms with Gasteiger partial charge in [-0.2, -0.15) is 0 Å². The zero-order valence-electron chi connectivity index (χ0n) is 11.6. The second-order valence-corrected chi connectivity index (χ2v) is 5.84. The number of nitrogens with one attached hydrogen (secondary N) is 1. The molecule has 0 unspecified atom stereocenters. The Kier molecular flexibility index (Phi) is 6.01. The predicted octanol–water partition coefficient (Wildman–Crippen LogP) is 2.12. The highest BCUT2D eigenvalue weighted by Gasteiger charge is 2.15. The molecule has 1 N–H and O–H groups in total. The van der Waals surface area contributed by atoms with Gasteiger partial charge in [-0.05, 0) is 18.4 Å². The summed E-state index contributed by atoms with van der Waals surface area (Å²) in [5.74, 6) is 1.03. The van der Waals surface area contributed by atoms with Crippen LogP contribution in [0.15, 0.2) is 24.3 Å². The van der Waals surface area contributed by atoms with E-state index in [0.717, 1.165) is 25.0 Å². The highest BCUT2D eigenvalue weighted by atomic mass is 32.2. The molecule has 21 heavy (non-hydrogen) atoms. The van der Waals surface area contributed by atoms with Crippen LogP contribution in [0.2, 0.25) is 0 Å². The third-order valence-corrected chi connectivity index (χ3v) is 4.20. The fourth-order valence-corrected chi connectivity index (χ4v) is 2.88. The summed E-state index contributed by atoms with van der Waals surface area (Å²) in [6.45, 7) is 1.37. The summed E-state index contributed by atoms with van der Waals surface area (Å²) in [6, 6.07) is 6.39. The van der Waals surface area contributed by atoms with Gasteiger partial charge in [0.05, 0.1) is 16.8 Å². The van der Waals surface area contributed by atoms with E-state index in [0.29, 0.717) is 18.1 Å². The number of carbonyl (C=O) groups excluding carboxylic acids is 1.